The highest BCUT2D eigenvalue weighted by Gasteiger charge is 2.32. The third-order valence-electron chi connectivity index (χ3n) is 5.92. The van der Waals surface area contributed by atoms with Crippen molar-refractivity contribution >= 4 is 48.9 Å². The first-order valence-electron chi connectivity index (χ1n) is 11.8. The monoisotopic (exact) mass is 599 g/mol. The molecule has 2 atom stereocenters. The molecule has 0 unspecified atom stereocenters. The second kappa shape index (κ2) is 12.5. The number of carbonyl (C=O) groups is 3. The van der Waals surface area contributed by atoms with Crippen molar-refractivity contribution in [2.45, 2.75) is 32.0 Å². The van der Waals surface area contributed by atoms with Gasteiger partial charge in [-0.1, -0.05) is 29.8 Å². The van der Waals surface area contributed by atoms with Crippen molar-refractivity contribution in [1.29, 1.82) is 0 Å². The molecule has 1 saturated heterocycles. The summed E-state index contributed by atoms with van der Waals surface area (Å²) in [7, 11) is -4.71. The molecule has 2 aliphatic heterocycles. The Hall–Kier alpha value is -2.96. The van der Waals surface area contributed by atoms with Crippen LogP contribution in [0.2, 0.25) is 5.02 Å². The van der Waals surface area contributed by atoms with E-state index in [1.165, 1.54) is 43.0 Å². The molecule has 39 heavy (non-hydrogen) atoms. The maximum atomic E-state index is 13.4. The van der Waals surface area contributed by atoms with E-state index in [0.717, 1.165) is 0 Å². The number of hydrogen-bond donors (Lipinski definition) is 4. The van der Waals surface area contributed by atoms with Crippen LogP contribution in [0.25, 0.3) is 0 Å². The van der Waals surface area contributed by atoms with Gasteiger partial charge in [0, 0.05) is 37.9 Å². The van der Waals surface area contributed by atoms with Gasteiger partial charge in [-0.25, -0.2) is 4.57 Å². The summed E-state index contributed by atoms with van der Waals surface area (Å²) in [6, 6.07) is 7.44. The van der Waals surface area contributed by atoms with Crippen LogP contribution in [0.15, 0.2) is 36.4 Å². The van der Waals surface area contributed by atoms with Gasteiger partial charge in [0.25, 0.3) is 0 Å². The molecule has 3 amide bonds. The molecular formula is C24H27ClN3O9PS. The summed E-state index contributed by atoms with van der Waals surface area (Å²) < 4.78 is 26.3. The number of fused-ring (bicyclic) bond motifs is 1. The lowest BCUT2D eigenvalue weighted by atomic mass is 10.0. The maximum absolute atomic E-state index is 13.4. The fourth-order valence-electron chi connectivity index (χ4n) is 4.13. The lowest BCUT2D eigenvalue weighted by molar-refractivity contribution is -0.136. The SMILES string of the molecule is CC(=O)N[C@@H](Cc1ccc(OP(=O)(O)O)cc1)C(=O)N[C@H]1CSCCN(Cc2ccc3c(c2Cl)OCO3)C1=O. The number of benzene rings is 2. The number of rotatable bonds is 9. The third kappa shape index (κ3) is 7.80. The van der Waals surface area contributed by atoms with Gasteiger partial charge in [-0.05, 0) is 29.3 Å². The van der Waals surface area contributed by atoms with Crippen molar-refractivity contribution in [3.05, 3.63) is 52.5 Å². The molecule has 210 valence electrons. The number of phosphoric ester groups is 1. The average molecular weight is 600 g/mol. The predicted molar refractivity (Wildman–Crippen MR) is 143 cm³/mol. The van der Waals surface area contributed by atoms with Gasteiger partial charge in [-0.15, -0.1) is 0 Å². The van der Waals surface area contributed by atoms with Crippen molar-refractivity contribution < 1.29 is 42.7 Å². The van der Waals surface area contributed by atoms with Crippen LogP contribution in [0.4, 0.5) is 0 Å². The number of halogens is 1. The average Bonchev–Trinajstić information content (AvgIpc) is 3.28. The maximum Gasteiger partial charge on any atom is 0.524 e. The first-order valence-corrected chi connectivity index (χ1v) is 14.9. The summed E-state index contributed by atoms with van der Waals surface area (Å²) in [5.74, 6) is 0.712. The highest BCUT2D eigenvalue weighted by atomic mass is 35.5. The van der Waals surface area contributed by atoms with E-state index in [1.54, 1.807) is 17.0 Å². The van der Waals surface area contributed by atoms with Gasteiger partial charge in [0.05, 0.1) is 5.02 Å². The van der Waals surface area contributed by atoms with E-state index in [2.05, 4.69) is 15.2 Å². The van der Waals surface area contributed by atoms with Crippen LogP contribution >= 0.6 is 31.2 Å². The Labute approximate surface area is 233 Å². The number of thioether (sulfide) groups is 1. The zero-order valence-electron chi connectivity index (χ0n) is 20.8. The number of nitrogens with zero attached hydrogens (tertiary/aromatic N) is 1. The smallest absolute Gasteiger partial charge is 0.454 e. The zero-order valence-corrected chi connectivity index (χ0v) is 23.3. The van der Waals surface area contributed by atoms with E-state index in [-0.39, 0.29) is 31.4 Å². The molecule has 15 heteroatoms. The van der Waals surface area contributed by atoms with E-state index in [4.69, 9.17) is 30.9 Å². The minimum atomic E-state index is -4.71. The van der Waals surface area contributed by atoms with Gasteiger partial charge in [0.15, 0.2) is 11.5 Å². The van der Waals surface area contributed by atoms with Crippen molar-refractivity contribution in [1.82, 2.24) is 15.5 Å². The zero-order chi connectivity index (χ0) is 28.2. The van der Waals surface area contributed by atoms with E-state index < -0.39 is 31.7 Å². The fraction of sp³-hybridized carbons (Fsp3) is 0.375. The summed E-state index contributed by atoms with van der Waals surface area (Å²) in [5, 5.41) is 5.75. The second-order valence-electron chi connectivity index (χ2n) is 8.85. The molecule has 0 aliphatic carbocycles. The summed E-state index contributed by atoms with van der Waals surface area (Å²) in [6.07, 6.45) is 0.0756. The molecule has 0 saturated carbocycles. The number of nitrogens with one attached hydrogen (secondary N) is 2. The van der Waals surface area contributed by atoms with Crippen LogP contribution in [0, 0.1) is 0 Å². The summed E-state index contributed by atoms with van der Waals surface area (Å²) in [6.45, 7) is 2.03. The number of amides is 3. The quantitative estimate of drug-likeness (QED) is 0.313. The molecule has 2 aliphatic rings. The first kappa shape index (κ1) is 29.0. The largest absolute Gasteiger partial charge is 0.524 e. The molecule has 0 spiro atoms. The molecule has 4 N–H and O–H groups in total. The molecule has 1 fully saturated rings. The van der Waals surface area contributed by atoms with Crippen LogP contribution in [-0.4, -0.2) is 69.3 Å². The second-order valence-corrected chi connectivity index (χ2v) is 11.5. The molecule has 4 rings (SSSR count). The Morgan fingerprint density at radius 1 is 1.23 bits per heavy atom. The molecule has 2 heterocycles. The van der Waals surface area contributed by atoms with E-state index >= 15 is 0 Å². The lowest BCUT2D eigenvalue weighted by Gasteiger charge is -2.26. The van der Waals surface area contributed by atoms with Crippen molar-refractivity contribution in [2.75, 3.05) is 24.8 Å². The number of phosphoric acid groups is 1. The van der Waals surface area contributed by atoms with E-state index in [0.29, 0.717) is 45.7 Å². The van der Waals surface area contributed by atoms with Crippen molar-refractivity contribution in [3.8, 4) is 17.2 Å². The third-order valence-corrected chi connectivity index (χ3v) is 7.82. The van der Waals surface area contributed by atoms with Gasteiger partial charge >= 0.3 is 7.82 Å². The molecular weight excluding hydrogens is 573 g/mol. The topological polar surface area (TPSA) is 164 Å². The van der Waals surface area contributed by atoms with Crippen molar-refractivity contribution in [2.24, 2.45) is 0 Å². The van der Waals surface area contributed by atoms with E-state index in [1.807, 2.05) is 0 Å². The Bertz CT molecular complexity index is 1290. The minimum Gasteiger partial charge on any atom is -0.454 e. The number of carbonyl (C=O) groups excluding carboxylic acids is 3. The van der Waals surface area contributed by atoms with Gasteiger partial charge in [-0.2, -0.15) is 11.8 Å². The molecule has 0 radical (unpaired) electrons. The molecule has 0 bridgehead atoms. The van der Waals surface area contributed by atoms with Crippen LogP contribution in [0.3, 0.4) is 0 Å². The number of ether oxygens (including phenoxy) is 2. The highest BCUT2D eigenvalue weighted by molar-refractivity contribution is 7.99. The Morgan fingerprint density at radius 2 is 1.97 bits per heavy atom. The first-order chi connectivity index (χ1) is 18.5. The molecule has 2 aromatic carbocycles. The number of hydrogen-bond acceptors (Lipinski definition) is 8. The Kier molecular flexibility index (Phi) is 9.29. The molecule has 12 nitrogen and oxygen atoms in total. The summed E-state index contributed by atoms with van der Waals surface area (Å²) in [4.78, 5) is 58.0. The van der Waals surface area contributed by atoms with Crippen LogP contribution < -0.4 is 24.6 Å². The fourth-order valence-corrected chi connectivity index (χ4v) is 5.78. The van der Waals surface area contributed by atoms with Crippen LogP contribution in [0.5, 0.6) is 17.2 Å². The molecule has 0 aromatic heterocycles. The van der Waals surface area contributed by atoms with Crippen molar-refractivity contribution in [3.63, 3.8) is 0 Å². The summed E-state index contributed by atoms with van der Waals surface area (Å²) in [5.41, 5.74) is 1.29. The standard InChI is InChI=1S/C24H27ClN3O9PS/c1-14(29)26-18(10-15-2-5-17(6-3-15)37-38(32,33)34)23(30)27-19-12-39-9-8-28(24(19)31)11-16-4-7-20-22(21(16)25)36-13-35-20/h2-7,18-19H,8-13H2,1H3,(H,26,29)(H,27,30)(H2,32,33,34)/t18-,19-/m0/s1. The minimum absolute atomic E-state index is 0.0451. The molecule has 2 aromatic rings. The van der Waals surface area contributed by atoms with Gasteiger partial charge < -0.3 is 29.5 Å². The van der Waals surface area contributed by atoms with Crippen LogP contribution in [0.1, 0.15) is 18.1 Å². The van der Waals surface area contributed by atoms with E-state index in [9.17, 15) is 18.9 Å². The Morgan fingerprint density at radius 3 is 2.67 bits per heavy atom. The van der Waals surface area contributed by atoms with Gasteiger partial charge in [0.1, 0.15) is 17.8 Å². The van der Waals surface area contributed by atoms with Crippen LogP contribution in [-0.2, 0) is 31.9 Å². The summed E-state index contributed by atoms with van der Waals surface area (Å²) >= 11 is 8.01. The predicted octanol–water partition coefficient (Wildman–Crippen LogP) is 1.85. The lowest BCUT2D eigenvalue weighted by Crippen LogP contribution is -2.55. The normalized spacial score (nSPS) is 17.8. The van der Waals surface area contributed by atoms with Gasteiger partial charge in [0.2, 0.25) is 24.5 Å². The van der Waals surface area contributed by atoms with Gasteiger partial charge in [-0.3, -0.25) is 24.2 Å². The highest BCUT2D eigenvalue weighted by Crippen LogP contribution is 2.41. The Balaban J connectivity index is 1.44.